The van der Waals surface area contributed by atoms with Gasteiger partial charge in [0.1, 0.15) is 0 Å². The lowest BCUT2D eigenvalue weighted by molar-refractivity contribution is 0.409. The summed E-state index contributed by atoms with van der Waals surface area (Å²) < 4.78 is 1.65. The molecule has 3 unspecified atom stereocenters. The van der Waals surface area contributed by atoms with E-state index in [9.17, 15) is 0 Å². The maximum atomic E-state index is 2.42. The molecular formula is C24H38S2Si. The molecule has 2 aliphatic heterocycles. The van der Waals surface area contributed by atoms with Crippen molar-refractivity contribution >= 4 is 37.1 Å². The van der Waals surface area contributed by atoms with Crippen LogP contribution >= 0.6 is 23.1 Å². The first-order chi connectivity index (χ1) is 13.2. The van der Waals surface area contributed by atoms with Crippen molar-refractivity contribution in [1.82, 2.24) is 0 Å². The molecule has 0 radical (unpaired) electrons. The number of fused-ring (bicyclic) bond motifs is 2. The highest BCUT2D eigenvalue weighted by molar-refractivity contribution is 8.09. The second-order valence-electron chi connectivity index (χ2n) is 8.50. The monoisotopic (exact) mass is 418 g/mol. The van der Waals surface area contributed by atoms with Gasteiger partial charge in [-0.15, -0.1) is 23.1 Å². The van der Waals surface area contributed by atoms with Gasteiger partial charge in [0.2, 0.25) is 0 Å². The Morgan fingerprint density at radius 2 is 1.70 bits per heavy atom. The maximum Gasteiger partial charge on any atom is 0.0433 e. The summed E-state index contributed by atoms with van der Waals surface area (Å²) in [6.07, 6.45) is 13.9. The first kappa shape index (κ1) is 21.6. The second kappa shape index (κ2) is 10.6. The Hall–Kier alpha value is -0.123. The number of hydrogen-bond acceptors (Lipinski definition) is 2. The number of rotatable bonds is 12. The van der Waals surface area contributed by atoms with Crippen molar-refractivity contribution in [3.63, 3.8) is 0 Å². The van der Waals surface area contributed by atoms with E-state index in [1.165, 1.54) is 64.2 Å². The molecule has 0 nitrogen and oxygen atoms in total. The third-order valence-corrected chi connectivity index (χ3v) is 11.2. The molecule has 150 valence electrons. The average Bonchev–Trinajstić information content (AvgIpc) is 3.34. The van der Waals surface area contributed by atoms with Crippen molar-refractivity contribution in [2.24, 2.45) is 11.8 Å². The maximum absolute atomic E-state index is 2.42. The summed E-state index contributed by atoms with van der Waals surface area (Å²) in [6, 6.07) is 2.41. The van der Waals surface area contributed by atoms with Gasteiger partial charge in [0, 0.05) is 23.8 Å². The van der Waals surface area contributed by atoms with Crippen molar-refractivity contribution in [2.75, 3.05) is 0 Å². The fourth-order valence-corrected chi connectivity index (χ4v) is 10.0. The molecule has 3 atom stereocenters. The third kappa shape index (κ3) is 5.08. The van der Waals surface area contributed by atoms with E-state index in [0.29, 0.717) is 9.13 Å². The van der Waals surface area contributed by atoms with Crippen LogP contribution in [-0.4, -0.2) is 14.4 Å². The fourth-order valence-electron chi connectivity index (χ4n) is 4.67. The Labute approximate surface area is 177 Å². The first-order valence-corrected chi connectivity index (χ1v) is 14.3. The highest BCUT2D eigenvalue weighted by Crippen LogP contribution is 2.49. The zero-order valence-electron chi connectivity index (χ0n) is 17.9. The Morgan fingerprint density at radius 1 is 1.00 bits per heavy atom. The van der Waals surface area contributed by atoms with Gasteiger partial charge in [-0.25, -0.2) is 0 Å². The molecule has 2 aliphatic rings. The van der Waals surface area contributed by atoms with Gasteiger partial charge in [-0.3, -0.25) is 0 Å². The quantitative estimate of drug-likeness (QED) is 0.325. The molecular weight excluding hydrogens is 380 g/mol. The minimum absolute atomic E-state index is 0.364. The predicted octanol–water partition coefficient (Wildman–Crippen LogP) is 7.14. The van der Waals surface area contributed by atoms with Crippen LogP contribution in [0.4, 0.5) is 0 Å². The number of thioether (sulfide) groups is 1. The molecule has 0 aromatic carbocycles. The lowest BCUT2D eigenvalue weighted by atomic mass is 9.86. The number of hydrogen-bond donors (Lipinski definition) is 0. The molecule has 0 saturated heterocycles. The standard InChI is InChI=1S/C24H38S2Si/c1-5-9-11-17(7-3)15-19-20(16-18(8-4)12-10-6-2)26-23-22-21(13-14-25-22)27-24(19)23/h13-14,17-18,20,27H,5-12,15-16H2,1-4H3. The molecule has 1 aromatic heterocycles. The second-order valence-corrected chi connectivity index (χ2v) is 12.1. The zero-order chi connectivity index (χ0) is 19.2. The van der Waals surface area contributed by atoms with E-state index in [4.69, 9.17) is 0 Å². The fraction of sp³-hybridized carbons (Fsp3) is 0.708. The normalized spacial score (nSPS) is 20.6. The van der Waals surface area contributed by atoms with Gasteiger partial charge in [0.15, 0.2) is 0 Å². The molecule has 0 amide bonds. The van der Waals surface area contributed by atoms with Crippen molar-refractivity contribution in [3.05, 3.63) is 31.6 Å². The van der Waals surface area contributed by atoms with Gasteiger partial charge in [0.25, 0.3) is 0 Å². The van der Waals surface area contributed by atoms with Crippen molar-refractivity contribution < 1.29 is 0 Å². The van der Waals surface area contributed by atoms with Gasteiger partial charge >= 0.3 is 0 Å². The minimum atomic E-state index is 0.364. The Kier molecular flexibility index (Phi) is 8.47. The van der Waals surface area contributed by atoms with Gasteiger partial charge in [-0.1, -0.05) is 84.6 Å². The average molecular weight is 419 g/mol. The van der Waals surface area contributed by atoms with Crippen molar-refractivity contribution in [1.29, 1.82) is 0 Å². The molecule has 0 saturated carbocycles. The van der Waals surface area contributed by atoms with Crippen LogP contribution in [0.5, 0.6) is 0 Å². The van der Waals surface area contributed by atoms with Crippen LogP contribution in [0, 0.1) is 16.7 Å². The molecule has 0 fully saturated rings. The Bertz CT molecular complexity index is 758. The molecule has 1 aromatic rings. The molecule has 0 spiro atoms. The minimum Gasteiger partial charge on any atom is -0.143 e. The van der Waals surface area contributed by atoms with Crippen LogP contribution in [0.3, 0.4) is 0 Å². The highest BCUT2D eigenvalue weighted by Gasteiger charge is 2.33. The largest absolute Gasteiger partial charge is 0.143 e. The summed E-state index contributed by atoms with van der Waals surface area (Å²) in [7, 11) is 0.364. The SMILES string of the molecule is CCCCC(CC)CC1=C2[SiH]=c3ccsc3=C2SC1CC(CC)CCCC. The summed E-state index contributed by atoms with van der Waals surface area (Å²) in [5.74, 6) is 1.83. The molecule has 0 N–H and O–H groups in total. The summed E-state index contributed by atoms with van der Waals surface area (Å²) in [5, 5.41) is 4.95. The van der Waals surface area contributed by atoms with E-state index in [2.05, 4.69) is 50.9 Å². The van der Waals surface area contributed by atoms with E-state index < -0.39 is 0 Å². The number of thiophene rings is 1. The smallest absolute Gasteiger partial charge is 0.0433 e. The van der Waals surface area contributed by atoms with Gasteiger partial charge in [-0.2, -0.15) is 0 Å². The molecule has 3 rings (SSSR count). The van der Waals surface area contributed by atoms with Gasteiger partial charge in [-0.05, 0) is 46.1 Å². The van der Waals surface area contributed by atoms with E-state index in [0.717, 1.165) is 17.1 Å². The highest BCUT2D eigenvalue weighted by atomic mass is 32.2. The topological polar surface area (TPSA) is 0 Å². The van der Waals surface area contributed by atoms with Crippen LogP contribution < -0.4 is 4.53 Å². The van der Waals surface area contributed by atoms with Crippen molar-refractivity contribution in [2.45, 2.75) is 97.2 Å². The summed E-state index contributed by atoms with van der Waals surface area (Å²) in [5.41, 5.74) is 1.89. The van der Waals surface area contributed by atoms with Crippen LogP contribution in [0.15, 0.2) is 22.2 Å². The summed E-state index contributed by atoms with van der Waals surface area (Å²) in [4.78, 5) is 3.40. The van der Waals surface area contributed by atoms with E-state index in [-0.39, 0.29) is 0 Å². The molecule has 0 bridgehead atoms. The Balaban J connectivity index is 1.84. The zero-order valence-corrected chi connectivity index (χ0v) is 20.6. The lowest BCUT2D eigenvalue weighted by Gasteiger charge is -2.24. The van der Waals surface area contributed by atoms with E-state index >= 15 is 0 Å². The summed E-state index contributed by atoms with van der Waals surface area (Å²) >= 11 is 4.26. The summed E-state index contributed by atoms with van der Waals surface area (Å²) in [6.45, 7) is 9.51. The van der Waals surface area contributed by atoms with Crippen LogP contribution in [0.2, 0.25) is 0 Å². The van der Waals surface area contributed by atoms with Gasteiger partial charge < -0.3 is 0 Å². The van der Waals surface area contributed by atoms with Crippen LogP contribution in [0.1, 0.15) is 91.9 Å². The molecule has 3 heteroatoms. The van der Waals surface area contributed by atoms with E-state index in [1.54, 1.807) is 14.3 Å². The van der Waals surface area contributed by atoms with Crippen LogP contribution in [0.25, 0.3) is 4.91 Å². The molecule has 27 heavy (non-hydrogen) atoms. The van der Waals surface area contributed by atoms with Crippen molar-refractivity contribution in [3.8, 4) is 0 Å². The third-order valence-electron chi connectivity index (χ3n) is 6.58. The number of unbranched alkanes of at least 4 members (excludes halogenated alkanes) is 2. The van der Waals surface area contributed by atoms with Crippen LogP contribution in [-0.2, 0) is 0 Å². The van der Waals surface area contributed by atoms with E-state index in [1.807, 2.05) is 22.1 Å². The lowest BCUT2D eigenvalue weighted by Crippen LogP contribution is -2.14. The molecule has 3 heterocycles. The molecule has 0 aliphatic carbocycles. The Morgan fingerprint density at radius 3 is 2.37 bits per heavy atom. The van der Waals surface area contributed by atoms with Gasteiger partial charge in [0.05, 0.1) is 0 Å². The predicted molar refractivity (Wildman–Crippen MR) is 128 cm³/mol. The first-order valence-electron chi connectivity index (χ1n) is 11.4.